The molecule has 0 saturated carbocycles. The first-order chi connectivity index (χ1) is 8.78. The van der Waals surface area contributed by atoms with E-state index in [0.29, 0.717) is 0 Å². The molecule has 2 rings (SSSR count). The zero-order valence-electron chi connectivity index (χ0n) is 11.2. The molecule has 1 aromatic carbocycles. The summed E-state index contributed by atoms with van der Waals surface area (Å²) in [5.74, 6) is 0.623. The molecule has 0 spiro atoms. The molecule has 1 aromatic rings. The summed E-state index contributed by atoms with van der Waals surface area (Å²) >= 11 is 0. The first kappa shape index (κ1) is 13.5. The highest BCUT2D eigenvalue weighted by atomic mass is 19.1. The van der Waals surface area contributed by atoms with Crippen molar-refractivity contribution in [3.8, 4) is 0 Å². The van der Waals surface area contributed by atoms with Crippen LogP contribution in [-0.2, 0) is 6.54 Å². The van der Waals surface area contributed by atoms with Crippen molar-refractivity contribution in [3.05, 3.63) is 35.6 Å². The summed E-state index contributed by atoms with van der Waals surface area (Å²) in [5, 5.41) is 3.48. The lowest BCUT2D eigenvalue weighted by molar-refractivity contribution is 0.314. The summed E-state index contributed by atoms with van der Waals surface area (Å²) in [6.45, 7) is 7.57. The molecule has 1 unspecified atom stereocenters. The zero-order valence-corrected chi connectivity index (χ0v) is 11.2. The molecule has 0 radical (unpaired) electrons. The van der Waals surface area contributed by atoms with E-state index in [1.54, 1.807) is 12.1 Å². The monoisotopic (exact) mass is 250 g/mol. The van der Waals surface area contributed by atoms with Crippen molar-refractivity contribution in [2.75, 3.05) is 26.2 Å². The van der Waals surface area contributed by atoms with Crippen LogP contribution in [0, 0.1) is 11.7 Å². The van der Waals surface area contributed by atoms with E-state index < -0.39 is 0 Å². The average Bonchev–Trinajstić information content (AvgIpc) is 2.77. The molecular weight excluding hydrogens is 227 g/mol. The number of likely N-dealkylation sites (tertiary alicyclic amines) is 1. The van der Waals surface area contributed by atoms with Gasteiger partial charge in [-0.2, -0.15) is 0 Å². The Morgan fingerprint density at radius 3 is 3.11 bits per heavy atom. The highest BCUT2D eigenvalue weighted by molar-refractivity contribution is 5.16. The lowest BCUT2D eigenvalue weighted by Crippen LogP contribution is -2.26. The second-order valence-corrected chi connectivity index (χ2v) is 5.22. The van der Waals surface area contributed by atoms with Gasteiger partial charge in [-0.25, -0.2) is 4.39 Å². The molecule has 1 aliphatic rings. The van der Waals surface area contributed by atoms with Gasteiger partial charge in [-0.15, -0.1) is 0 Å². The molecule has 1 N–H and O–H groups in total. The predicted octanol–water partition coefficient (Wildman–Crippen LogP) is 2.65. The van der Waals surface area contributed by atoms with Crippen molar-refractivity contribution in [2.24, 2.45) is 5.92 Å². The van der Waals surface area contributed by atoms with E-state index in [-0.39, 0.29) is 5.82 Å². The van der Waals surface area contributed by atoms with Crippen LogP contribution in [0.2, 0.25) is 0 Å². The number of hydrogen-bond acceptors (Lipinski definition) is 2. The standard InChI is InChI=1S/C15H23FN2/c1-2-7-17-10-14-6-8-18(12-14)11-13-4-3-5-15(16)9-13/h3-5,9,14,17H,2,6-8,10-12H2,1H3. The van der Waals surface area contributed by atoms with Gasteiger partial charge >= 0.3 is 0 Å². The fraction of sp³-hybridized carbons (Fsp3) is 0.600. The fourth-order valence-electron chi connectivity index (χ4n) is 2.60. The average molecular weight is 250 g/mol. The molecule has 1 aliphatic heterocycles. The van der Waals surface area contributed by atoms with Crippen LogP contribution in [0.4, 0.5) is 4.39 Å². The second-order valence-electron chi connectivity index (χ2n) is 5.22. The molecule has 1 atom stereocenters. The molecular formula is C15H23FN2. The number of halogens is 1. The minimum absolute atomic E-state index is 0.132. The maximum atomic E-state index is 13.1. The molecule has 100 valence electrons. The number of benzene rings is 1. The third-order valence-corrected chi connectivity index (χ3v) is 3.52. The molecule has 1 heterocycles. The molecule has 2 nitrogen and oxygen atoms in total. The number of rotatable bonds is 6. The second kappa shape index (κ2) is 6.86. The summed E-state index contributed by atoms with van der Waals surface area (Å²) in [6.07, 6.45) is 2.45. The van der Waals surface area contributed by atoms with E-state index in [2.05, 4.69) is 17.1 Å². The molecule has 18 heavy (non-hydrogen) atoms. The predicted molar refractivity (Wildman–Crippen MR) is 72.9 cm³/mol. The van der Waals surface area contributed by atoms with Gasteiger partial charge in [0, 0.05) is 13.1 Å². The highest BCUT2D eigenvalue weighted by Gasteiger charge is 2.21. The van der Waals surface area contributed by atoms with Gasteiger partial charge in [0.15, 0.2) is 0 Å². The summed E-state index contributed by atoms with van der Waals surface area (Å²) < 4.78 is 13.1. The normalized spacial score (nSPS) is 20.4. The Balaban J connectivity index is 1.75. The minimum atomic E-state index is -0.132. The zero-order chi connectivity index (χ0) is 12.8. The van der Waals surface area contributed by atoms with Gasteiger partial charge in [-0.3, -0.25) is 4.90 Å². The fourth-order valence-corrected chi connectivity index (χ4v) is 2.60. The van der Waals surface area contributed by atoms with Gasteiger partial charge in [0.05, 0.1) is 0 Å². The van der Waals surface area contributed by atoms with Crippen LogP contribution in [0.15, 0.2) is 24.3 Å². The summed E-state index contributed by atoms with van der Waals surface area (Å²) in [5.41, 5.74) is 1.08. The van der Waals surface area contributed by atoms with E-state index in [4.69, 9.17) is 0 Å². The SMILES string of the molecule is CCCNCC1CCN(Cc2cccc(F)c2)C1. The Morgan fingerprint density at radius 1 is 1.44 bits per heavy atom. The van der Waals surface area contributed by atoms with E-state index in [9.17, 15) is 4.39 Å². The highest BCUT2D eigenvalue weighted by Crippen LogP contribution is 2.18. The van der Waals surface area contributed by atoms with Crippen LogP contribution in [-0.4, -0.2) is 31.1 Å². The van der Waals surface area contributed by atoms with Crippen LogP contribution in [0.1, 0.15) is 25.3 Å². The molecule has 1 fully saturated rings. The van der Waals surface area contributed by atoms with Gasteiger partial charge in [0.1, 0.15) is 5.82 Å². The molecule has 3 heteroatoms. The number of nitrogens with one attached hydrogen (secondary N) is 1. The lowest BCUT2D eigenvalue weighted by Gasteiger charge is -2.16. The van der Waals surface area contributed by atoms with E-state index in [1.807, 2.05) is 6.07 Å². The Labute approximate surface area is 109 Å². The van der Waals surface area contributed by atoms with Crippen molar-refractivity contribution >= 4 is 0 Å². The summed E-state index contributed by atoms with van der Waals surface area (Å²) in [4.78, 5) is 2.42. The lowest BCUT2D eigenvalue weighted by atomic mass is 10.1. The van der Waals surface area contributed by atoms with Crippen LogP contribution in [0.3, 0.4) is 0 Å². The topological polar surface area (TPSA) is 15.3 Å². The van der Waals surface area contributed by atoms with Gasteiger partial charge in [-0.1, -0.05) is 19.1 Å². The van der Waals surface area contributed by atoms with Crippen LogP contribution < -0.4 is 5.32 Å². The quantitative estimate of drug-likeness (QED) is 0.781. The van der Waals surface area contributed by atoms with Crippen molar-refractivity contribution < 1.29 is 4.39 Å². The van der Waals surface area contributed by atoms with Crippen LogP contribution >= 0.6 is 0 Å². The van der Waals surface area contributed by atoms with Gasteiger partial charge < -0.3 is 5.32 Å². The van der Waals surface area contributed by atoms with Gasteiger partial charge in [0.2, 0.25) is 0 Å². The number of hydrogen-bond donors (Lipinski definition) is 1. The van der Waals surface area contributed by atoms with Crippen LogP contribution in [0.5, 0.6) is 0 Å². The Hall–Kier alpha value is -0.930. The Morgan fingerprint density at radius 2 is 2.33 bits per heavy atom. The van der Waals surface area contributed by atoms with Gasteiger partial charge in [0.25, 0.3) is 0 Å². The number of nitrogens with zero attached hydrogens (tertiary/aromatic N) is 1. The van der Waals surface area contributed by atoms with E-state index in [1.165, 1.54) is 18.9 Å². The van der Waals surface area contributed by atoms with Crippen molar-refractivity contribution in [3.63, 3.8) is 0 Å². The molecule has 0 aliphatic carbocycles. The minimum Gasteiger partial charge on any atom is -0.316 e. The first-order valence-corrected chi connectivity index (χ1v) is 6.95. The summed E-state index contributed by atoms with van der Waals surface area (Å²) in [6, 6.07) is 6.94. The van der Waals surface area contributed by atoms with Crippen LogP contribution in [0.25, 0.3) is 0 Å². The van der Waals surface area contributed by atoms with E-state index in [0.717, 1.165) is 44.2 Å². The smallest absolute Gasteiger partial charge is 0.123 e. The third-order valence-electron chi connectivity index (χ3n) is 3.52. The molecule has 0 bridgehead atoms. The maximum Gasteiger partial charge on any atom is 0.123 e. The maximum absolute atomic E-state index is 13.1. The van der Waals surface area contributed by atoms with E-state index >= 15 is 0 Å². The summed E-state index contributed by atoms with van der Waals surface area (Å²) in [7, 11) is 0. The van der Waals surface area contributed by atoms with Crippen molar-refractivity contribution in [1.82, 2.24) is 10.2 Å². The molecule has 0 aromatic heterocycles. The molecule has 1 saturated heterocycles. The largest absolute Gasteiger partial charge is 0.316 e. The Bertz CT molecular complexity index is 367. The molecule has 0 amide bonds. The third kappa shape index (κ3) is 4.07. The van der Waals surface area contributed by atoms with Crippen molar-refractivity contribution in [1.29, 1.82) is 0 Å². The Kier molecular flexibility index (Phi) is 5.14. The van der Waals surface area contributed by atoms with Gasteiger partial charge in [-0.05, 0) is 56.1 Å². The van der Waals surface area contributed by atoms with Crippen molar-refractivity contribution in [2.45, 2.75) is 26.3 Å². The first-order valence-electron chi connectivity index (χ1n) is 6.95.